The number of unbranched alkanes of at least 4 members (excludes halogenated alkanes) is 2. The van der Waals surface area contributed by atoms with Gasteiger partial charge in [0, 0.05) is 11.6 Å². The van der Waals surface area contributed by atoms with Crippen LogP contribution in [0.5, 0.6) is 11.5 Å². The van der Waals surface area contributed by atoms with Crippen LogP contribution in [0.2, 0.25) is 5.02 Å². The quantitative estimate of drug-likeness (QED) is 0.204. The maximum atomic E-state index is 6.32. The molecule has 39 heavy (non-hydrogen) atoms. The number of fused-ring (bicyclic) bond motifs is 1. The molecule has 2 fully saturated rings. The summed E-state index contributed by atoms with van der Waals surface area (Å²) in [6, 6.07) is 13.9. The minimum absolute atomic E-state index is 0.419. The number of benzene rings is 2. The summed E-state index contributed by atoms with van der Waals surface area (Å²) in [7, 11) is 0. The number of nitrogens with one attached hydrogen (secondary N) is 1. The fourth-order valence-corrected chi connectivity index (χ4v) is 6.53. The summed E-state index contributed by atoms with van der Waals surface area (Å²) in [6.07, 6.45) is 17.3. The Morgan fingerprint density at radius 3 is 2.49 bits per heavy atom. The minimum Gasteiger partial charge on any atom is -0.491 e. The molecule has 1 saturated heterocycles. The third-order valence-electron chi connectivity index (χ3n) is 8.63. The highest BCUT2D eigenvalue weighted by atomic mass is 35.5. The highest BCUT2D eigenvalue weighted by Crippen LogP contribution is 2.30. The van der Waals surface area contributed by atoms with E-state index in [0.717, 1.165) is 79.3 Å². The lowest BCUT2D eigenvalue weighted by molar-refractivity contribution is 0.287. The fraction of sp³-hybridized carbons (Fsp3) is 0.606. The monoisotopic (exact) mass is 551 g/mol. The number of imidazole rings is 1. The molecule has 3 aromatic rings. The molecular formula is C33H46ClN3O2. The lowest BCUT2D eigenvalue weighted by Gasteiger charge is -2.22. The van der Waals surface area contributed by atoms with Crippen LogP contribution >= 0.6 is 11.6 Å². The average Bonchev–Trinajstić information content (AvgIpc) is 3.34. The smallest absolute Gasteiger partial charge is 0.148 e. The average molecular weight is 552 g/mol. The highest BCUT2D eigenvalue weighted by molar-refractivity contribution is 6.30. The number of halogens is 1. The Morgan fingerprint density at radius 2 is 1.67 bits per heavy atom. The predicted molar refractivity (Wildman–Crippen MR) is 161 cm³/mol. The van der Waals surface area contributed by atoms with E-state index in [9.17, 15) is 0 Å². The number of aromatic nitrogens is 2. The Morgan fingerprint density at radius 1 is 0.846 bits per heavy atom. The molecule has 6 heteroatoms. The van der Waals surface area contributed by atoms with E-state index in [1.807, 2.05) is 24.3 Å². The lowest BCUT2D eigenvalue weighted by atomic mass is 9.86. The second-order valence-electron chi connectivity index (χ2n) is 11.6. The Kier molecular flexibility index (Phi) is 10.8. The summed E-state index contributed by atoms with van der Waals surface area (Å²) in [5.41, 5.74) is 2.09. The van der Waals surface area contributed by atoms with Crippen LogP contribution in [0.3, 0.4) is 0 Å². The fourth-order valence-electron chi connectivity index (χ4n) is 6.40. The predicted octanol–water partition coefficient (Wildman–Crippen LogP) is 8.57. The van der Waals surface area contributed by atoms with E-state index in [1.54, 1.807) is 0 Å². The van der Waals surface area contributed by atoms with E-state index in [4.69, 9.17) is 26.1 Å². The summed E-state index contributed by atoms with van der Waals surface area (Å²) in [6.45, 7) is 4.43. The zero-order valence-electron chi connectivity index (χ0n) is 23.5. The summed E-state index contributed by atoms with van der Waals surface area (Å²) in [5.74, 6) is 4.39. The molecule has 5 rings (SSSR count). The first-order chi connectivity index (χ1) is 19.3. The first-order valence-electron chi connectivity index (χ1n) is 15.5. The van der Waals surface area contributed by atoms with E-state index in [-0.39, 0.29) is 0 Å². The van der Waals surface area contributed by atoms with Crippen LogP contribution in [0.1, 0.15) is 89.3 Å². The third kappa shape index (κ3) is 8.38. The van der Waals surface area contributed by atoms with Crippen LogP contribution in [0, 0.1) is 11.8 Å². The van der Waals surface area contributed by atoms with Crippen molar-refractivity contribution in [2.24, 2.45) is 11.8 Å². The molecule has 212 valence electrons. The van der Waals surface area contributed by atoms with Crippen molar-refractivity contribution in [3.05, 3.63) is 53.3 Å². The highest BCUT2D eigenvalue weighted by Gasteiger charge is 2.17. The van der Waals surface area contributed by atoms with Gasteiger partial charge in [-0.2, -0.15) is 0 Å². The van der Waals surface area contributed by atoms with Crippen molar-refractivity contribution in [2.45, 2.75) is 96.6 Å². The molecule has 2 aliphatic rings. The molecule has 0 radical (unpaired) electrons. The van der Waals surface area contributed by atoms with Crippen molar-refractivity contribution in [3.63, 3.8) is 0 Å². The zero-order chi connectivity index (χ0) is 26.7. The zero-order valence-corrected chi connectivity index (χ0v) is 24.3. The van der Waals surface area contributed by atoms with Crippen molar-refractivity contribution in [1.29, 1.82) is 0 Å². The van der Waals surface area contributed by atoms with Crippen molar-refractivity contribution >= 4 is 22.6 Å². The van der Waals surface area contributed by atoms with Gasteiger partial charge in [0.05, 0.1) is 12.1 Å². The summed E-state index contributed by atoms with van der Waals surface area (Å²) in [4.78, 5) is 5.06. The number of ether oxygens (including phenoxy) is 2. The van der Waals surface area contributed by atoms with Gasteiger partial charge in [-0.1, -0.05) is 69.0 Å². The van der Waals surface area contributed by atoms with Crippen molar-refractivity contribution in [2.75, 3.05) is 19.7 Å². The molecule has 0 bridgehead atoms. The Bertz CT molecular complexity index is 1130. The van der Waals surface area contributed by atoms with Gasteiger partial charge >= 0.3 is 0 Å². The first kappa shape index (κ1) is 28.3. The van der Waals surface area contributed by atoms with Gasteiger partial charge in [-0.15, -0.1) is 0 Å². The second kappa shape index (κ2) is 14.9. The number of hydrogen-bond donors (Lipinski definition) is 1. The second-order valence-corrected chi connectivity index (χ2v) is 12.0. The Labute approximate surface area is 239 Å². The van der Waals surface area contributed by atoms with Crippen molar-refractivity contribution in [1.82, 2.24) is 14.9 Å². The van der Waals surface area contributed by atoms with Gasteiger partial charge in [0.2, 0.25) is 0 Å². The van der Waals surface area contributed by atoms with E-state index in [2.05, 4.69) is 28.1 Å². The van der Waals surface area contributed by atoms with Gasteiger partial charge in [0.25, 0.3) is 0 Å². The third-order valence-corrected chi connectivity index (χ3v) is 8.89. The molecule has 2 aromatic carbocycles. The van der Waals surface area contributed by atoms with E-state index < -0.39 is 0 Å². The maximum absolute atomic E-state index is 6.32. The minimum atomic E-state index is 0.419. The number of aryl methyl sites for hydroxylation is 1. The van der Waals surface area contributed by atoms with E-state index in [0.29, 0.717) is 11.6 Å². The molecule has 1 atom stereocenters. The topological polar surface area (TPSA) is 48.3 Å². The van der Waals surface area contributed by atoms with Crippen molar-refractivity contribution < 1.29 is 9.47 Å². The van der Waals surface area contributed by atoms with Gasteiger partial charge in [-0.3, -0.25) is 0 Å². The maximum Gasteiger partial charge on any atom is 0.148 e. The largest absolute Gasteiger partial charge is 0.491 e. The van der Waals surface area contributed by atoms with Gasteiger partial charge in [-0.25, -0.2) is 4.98 Å². The van der Waals surface area contributed by atoms with Crippen LogP contribution in [-0.2, 0) is 13.2 Å². The van der Waals surface area contributed by atoms with Gasteiger partial charge in [0.1, 0.15) is 29.4 Å². The van der Waals surface area contributed by atoms with Crippen LogP contribution < -0.4 is 14.8 Å². The van der Waals surface area contributed by atoms with Crippen LogP contribution in [0.15, 0.2) is 42.5 Å². The number of para-hydroxylation sites is 1. The number of rotatable bonds is 14. The number of nitrogens with zero attached hydrogens (tertiary/aromatic N) is 2. The number of hydrogen-bond acceptors (Lipinski definition) is 4. The SMILES string of the molecule is Clc1ccc(OCc2nc3c(OCCCCCC4CCCCC4)cccc3n2CCCC2CCCNC2)cc1. The van der Waals surface area contributed by atoms with Gasteiger partial charge < -0.3 is 19.4 Å². The molecule has 1 N–H and O–H groups in total. The van der Waals surface area contributed by atoms with Crippen molar-refractivity contribution in [3.8, 4) is 11.5 Å². The molecule has 1 aromatic heterocycles. The molecule has 5 nitrogen and oxygen atoms in total. The van der Waals surface area contributed by atoms with Crippen LogP contribution in [0.4, 0.5) is 0 Å². The molecule has 0 amide bonds. The van der Waals surface area contributed by atoms with Gasteiger partial charge in [-0.05, 0) is 93.4 Å². The van der Waals surface area contributed by atoms with E-state index >= 15 is 0 Å². The summed E-state index contributed by atoms with van der Waals surface area (Å²) < 4.78 is 14.8. The molecule has 0 spiro atoms. The molecule has 1 saturated carbocycles. The molecule has 1 aliphatic carbocycles. The Hall–Kier alpha value is -2.24. The van der Waals surface area contributed by atoms with Gasteiger partial charge in [0.15, 0.2) is 0 Å². The van der Waals surface area contributed by atoms with Crippen LogP contribution in [0.25, 0.3) is 11.0 Å². The number of piperidine rings is 1. The normalized spacial score (nSPS) is 18.4. The molecular weight excluding hydrogens is 506 g/mol. The summed E-state index contributed by atoms with van der Waals surface area (Å²) >= 11 is 6.06. The van der Waals surface area contributed by atoms with E-state index in [1.165, 1.54) is 70.6 Å². The lowest BCUT2D eigenvalue weighted by Crippen LogP contribution is -2.29. The standard InChI is InChI=1S/C33H46ClN3O2/c34-28-17-19-29(20-18-28)39-25-32-36-33-30(37(32)22-9-14-27-13-8-21-35-24-27)15-7-16-31(33)38-23-6-2-5-12-26-10-3-1-4-11-26/h7,15-20,26-27,35H,1-6,8-14,21-25H2. The summed E-state index contributed by atoms with van der Waals surface area (Å²) in [5, 5.41) is 4.26. The Balaban J connectivity index is 1.21. The molecule has 2 heterocycles. The molecule has 1 aliphatic heterocycles. The van der Waals surface area contributed by atoms with Crippen LogP contribution in [-0.4, -0.2) is 29.2 Å². The first-order valence-corrected chi connectivity index (χ1v) is 15.8. The molecule has 1 unspecified atom stereocenters.